The lowest BCUT2D eigenvalue weighted by Crippen LogP contribution is -2.17. The minimum Gasteiger partial charge on any atom is -0.310 e. The van der Waals surface area contributed by atoms with Crippen LogP contribution < -0.4 is 9.80 Å². The van der Waals surface area contributed by atoms with Gasteiger partial charge in [-0.25, -0.2) is 0 Å². The first-order chi connectivity index (χ1) is 24.3. The molecule has 2 heteroatoms. The minimum absolute atomic E-state index is 0.0733. The van der Waals surface area contributed by atoms with Crippen molar-refractivity contribution in [3.8, 4) is 22.3 Å². The lowest BCUT2D eigenvalue weighted by molar-refractivity contribution is 0.660. The summed E-state index contributed by atoms with van der Waals surface area (Å²) in [5.41, 5.74) is 17.5. The molecule has 242 valence electrons. The van der Waals surface area contributed by atoms with Gasteiger partial charge in [-0.05, 0) is 117 Å². The van der Waals surface area contributed by atoms with E-state index in [2.05, 4.69) is 207 Å². The third-order valence-corrected chi connectivity index (χ3v) is 11.0. The van der Waals surface area contributed by atoms with Crippen molar-refractivity contribution in [1.82, 2.24) is 0 Å². The van der Waals surface area contributed by atoms with Crippen LogP contribution in [0.1, 0.15) is 49.9 Å². The Morgan fingerprint density at radius 2 is 0.580 bits per heavy atom. The zero-order valence-corrected chi connectivity index (χ0v) is 29.1. The number of benzene rings is 7. The molecule has 0 atom stereocenters. The van der Waals surface area contributed by atoms with Crippen LogP contribution in [0.25, 0.3) is 22.3 Å². The van der Waals surface area contributed by atoms with Crippen LogP contribution in [0, 0.1) is 0 Å². The highest BCUT2D eigenvalue weighted by Gasteiger charge is 2.37. The first-order valence-electron chi connectivity index (χ1n) is 17.6. The summed E-state index contributed by atoms with van der Waals surface area (Å²) in [5, 5.41) is 0. The molecular formula is C48H40N2. The predicted octanol–water partition coefficient (Wildman–Crippen LogP) is 13.2. The summed E-state index contributed by atoms with van der Waals surface area (Å²) in [7, 11) is 0. The van der Waals surface area contributed by atoms with Crippen molar-refractivity contribution in [3.63, 3.8) is 0 Å². The Morgan fingerprint density at radius 1 is 0.280 bits per heavy atom. The van der Waals surface area contributed by atoms with Crippen LogP contribution in [-0.4, -0.2) is 0 Å². The maximum atomic E-state index is 2.40. The SMILES string of the molecule is CC1(C)c2ccccc2-c2ccc(N(c3ccccc3)c3ccc(N(c4ccccc4)c4ccc5c(c4)C(C)(C)c4ccccc4-5)cc3)cc21. The Hall–Kier alpha value is -5.86. The van der Waals surface area contributed by atoms with E-state index in [0.29, 0.717) is 0 Å². The second-order valence-corrected chi connectivity index (χ2v) is 14.7. The van der Waals surface area contributed by atoms with E-state index in [1.165, 1.54) is 44.5 Å². The van der Waals surface area contributed by atoms with Gasteiger partial charge in [-0.15, -0.1) is 0 Å². The molecule has 0 bridgehead atoms. The molecule has 0 unspecified atom stereocenters. The van der Waals surface area contributed by atoms with Gasteiger partial charge in [0.05, 0.1) is 0 Å². The van der Waals surface area contributed by atoms with Crippen LogP contribution in [0.3, 0.4) is 0 Å². The van der Waals surface area contributed by atoms with Crippen molar-refractivity contribution in [2.24, 2.45) is 0 Å². The molecule has 2 nitrogen and oxygen atoms in total. The number of nitrogens with zero attached hydrogens (tertiary/aromatic N) is 2. The van der Waals surface area contributed by atoms with E-state index in [4.69, 9.17) is 0 Å². The predicted molar refractivity (Wildman–Crippen MR) is 211 cm³/mol. The summed E-state index contributed by atoms with van der Waals surface area (Å²) in [6.07, 6.45) is 0. The van der Waals surface area contributed by atoms with Crippen molar-refractivity contribution in [2.45, 2.75) is 38.5 Å². The van der Waals surface area contributed by atoms with E-state index in [-0.39, 0.29) is 10.8 Å². The number of rotatable bonds is 6. The van der Waals surface area contributed by atoms with Crippen LogP contribution in [0.5, 0.6) is 0 Å². The van der Waals surface area contributed by atoms with Gasteiger partial charge in [0.1, 0.15) is 0 Å². The van der Waals surface area contributed by atoms with Crippen molar-refractivity contribution in [3.05, 3.63) is 192 Å². The molecule has 0 aromatic heterocycles. The van der Waals surface area contributed by atoms with E-state index in [1.54, 1.807) is 0 Å². The molecule has 0 aliphatic heterocycles. The third kappa shape index (κ3) is 4.63. The third-order valence-electron chi connectivity index (χ3n) is 11.0. The molecule has 9 rings (SSSR count). The van der Waals surface area contributed by atoms with Crippen molar-refractivity contribution in [1.29, 1.82) is 0 Å². The number of fused-ring (bicyclic) bond motifs is 6. The molecule has 0 fully saturated rings. The maximum absolute atomic E-state index is 2.40. The summed E-state index contributed by atoms with van der Waals surface area (Å²) >= 11 is 0. The van der Waals surface area contributed by atoms with Crippen LogP contribution in [0.2, 0.25) is 0 Å². The summed E-state index contributed by atoms with van der Waals surface area (Å²) in [5.74, 6) is 0. The summed E-state index contributed by atoms with van der Waals surface area (Å²) < 4.78 is 0. The highest BCUT2D eigenvalue weighted by atomic mass is 15.2. The van der Waals surface area contributed by atoms with Gasteiger partial charge in [0, 0.05) is 45.0 Å². The average Bonchev–Trinajstić information content (AvgIpc) is 3.53. The Bertz CT molecular complexity index is 2200. The number of hydrogen-bond donors (Lipinski definition) is 0. The topological polar surface area (TPSA) is 6.48 Å². The Labute approximate surface area is 295 Å². The standard InChI is InChI=1S/C48H40N2/c1-47(2)43-21-13-11-19-39(43)41-29-27-37(31-45(41)47)49(33-15-7-5-8-16-33)35-23-25-36(26-24-35)50(34-17-9-6-10-18-34)38-28-30-42-40-20-12-14-22-44(40)48(3,4)46(42)32-38/h5-32H,1-4H3. The zero-order chi connectivity index (χ0) is 34.0. The van der Waals surface area contributed by atoms with Gasteiger partial charge in [-0.1, -0.05) is 125 Å². The quantitative estimate of drug-likeness (QED) is 0.178. The van der Waals surface area contributed by atoms with Gasteiger partial charge in [0.2, 0.25) is 0 Å². The zero-order valence-electron chi connectivity index (χ0n) is 29.1. The summed E-state index contributed by atoms with van der Waals surface area (Å²) in [6, 6.07) is 62.2. The normalized spacial score (nSPS) is 14.3. The average molecular weight is 645 g/mol. The first kappa shape index (κ1) is 30.2. The molecule has 7 aromatic rings. The van der Waals surface area contributed by atoms with E-state index >= 15 is 0 Å². The molecule has 2 aliphatic rings. The van der Waals surface area contributed by atoms with Crippen LogP contribution >= 0.6 is 0 Å². The first-order valence-corrected chi connectivity index (χ1v) is 17.6. The largest absolute Gasteiger partial charge is 0.310 e. The molecule has 0 spiro atoms. The molecule has 0 radical (unpaired) electrons. The number of anilines is 6. The van der Waals surface area contributed by atoms with Gasteiger partial charge in [-0.2, -0.15) is 0 Å². The molecule has 50 heavy (non-hydrogen) atoms. The van der Waals surface area contributed by atoms with Gasteiger partial charge in [0.15, 0.2) is 0 Å². The fourth-order valence-corrected chi connectivity index (χ4v) is 8.46. The van der Waals surface area contributed by atoms with Crippen LogP contribution in [0.15, 0.2) is 170 Å². The fraction of sp³-hybridized carbons (Fsp3) is 0.125. The Morgan fingerprint density at radius 3 is 0.980 bits per heavy atom. The van der Waals surface area contributed by atoms with Crippen molar-refractivity contribution in [2.75, 3.05) is 9.80 Å². The molecule has 0 heterocycles. The molecule has 0 N–H and O–H groups in total. The van der Waals surface area contributed by atoms with Crippen molar-refractivity contribution < 1.29 is 0 Å². The van der Waals surface area contributed by atoms with Crippen LogP contribution in [0.4, 0.5) is 34.1 Å². The van der Waals surface area contributed by atoms with Crippen LogP contribution in [-0.2, 0) is 10.8 Å². The smallest absolute Gasteiger partial charge is 0.0465 e. The summed E-state index contributed by atoms with van der Waals surface area (Å²) in [6.45, 7) is 9.39. The van der Waals surface area contributed by atoms with Gasteiger partial charge in [0.25, 0.3) is 0 Å². The van der Waals surface area contributed by atoms with Gasteiger partial charge < -0.3 is 9.80 Å². The lowest BCUT2D eigenvalue weighted by Gasteiger charge is -2.30. The molecule has 0 saturated heterocycles. The summed E-state index contributed by atoms with van der Waals surface area (Å²) in [4.78, 5) is 4.76. The number of hydrogen-bond acceptors (Lipinski definition) is 2. The maximum Gasteiger partial charge on any atom is 0.0465 e. The number of para-hydroxylation sites is 2. The minimum atomic E-state index is -0.0733. The van der Waals surface area contributed by atoms with E-state index in [9.17, 15) is 0 Å². The van der Waals surface area contributed by atoms with E-state index in [1.807, 2.05) is 0 Å². The van der Waals surface area contributed by atoms with E-state index < -0.39 is 0 Å². The van der Waals surface area contributed by atoms with E-state index in [0.717, 1.165) is 34.1 Å². The lowest BCUT2D eigenvalue weighted by atomic mass is 9.82. The molecule has 0 amide bonds. The molecular weight excluding hydrogens is 605 g/mol. The monoisotopic (exact) mass is 644 g/mol. The Kier molecular flexibility index (Phi) is 6.86. The molecule has 7 aromatic carbocycles. The van der Waals surface area contributed by atoms with Gasteiger partial charge in [-0.3, -0.25) is 0 Å². The molecule has 0 saturated carbocycles. The molecule has 2 aliphatic carbocycles. The highest BCUT2D eigenvalue weighted by molar-refractivity contribution is 5.88. The Balaban J connectivity index is 1.14. The van der Waals surface area contributed by atoms with Crippen molar-refractivity contribution >= 4 is 34.1 Å². The van der Waals surface area contributed by atoms with Gasteiger partial charge >= 0.3 is 0 Å². The second kappa shape index (κ2) is 11.4. The second-order valence-electron chi connectivity index (χ2n) is 14.7. The highest BCUT2D eigenvalue weighted by Crippen LogP contribution is 2.52. The fourth-order valence-electron chi connectivity index (χ4n) is 8.46.